The van der Waals surface area contributed by atoms with Gasteiger partial charge >= 0.3 is 0 Å². The van der Waals surface area contributed by atoms with E-state index in [1.54, 1.807) is 0 Å². The molecule has 3 nitrogen and oxygen atoms in total. The van der Waals surface area contributed by atoms with E-state index in [4.69, 9.17) is 4.74 Å². The summed E-state index contributed by atoms with van der Waals surface area (Å²) >= 11 is 0. The average Bonchev–Trinajstić information content (AvgIpc) is 2.27. The van der Waals surface area contributed by atoms with Crippen LogP contribution in [0.25, 0.3) is 0 Å². The molecule has 1 aromatic rings. The van der Waals surface area contributed by atoms with E-state index in [1.807, 2.05) is 37.3 Å². The molecule has 0 unspecified atom stereocenters. The summed E-state index contributed by atoms with van der Waals surface area (Å²) in [5.41, 5.74) is 0. The smallest absolute Gasteiger partial charge is 0.243 e. The summed E-state index contributed by atoms with van der Waals surface area (Å²) in [6, 6.07) is 9.46. The Bertz CT molecular complexity index is 322. The molecule has 0 saturated heterocycles. The number of rotatable bonds is 5. The molecule has 0 fully saturated rings. The van der Waals surface area contributed by atoms with Gasteiger partial charge in [0.15, 0.2) is 0 Å². The SMILES string of the molecule is C=CC(=O)N[C@H](C)COc1ccccc1. The molecule has 0 aliphatic carbocycles. The fourth-order valence-electron chi connectivity index (χ4n) is 1.08. The van der Waals surface area contributed by atoms with Crippen LogP contribution >= 0.6 is 0 Å². The van der Waals surface area contributed by atoms with E-state index >= 15 is 0 Å². The van der Waals surface area contributed by atoms with E-state index in [-0.39, 0.29) is 11.9 Å². The molecule has 0 saturated carbocycles. The lowest BCUT2D eigenvalue weighted by Crippen LogP contribution is -2.35. The monoisotopic (exact) mass is 205 g/mol. The molecular weight excluding hydrogens is 190 g/mol. The highest BCUT2D eigenvalue weighted by atomic mass is 16.5. The topological polar surface area (TPSA) is 38.3 Å². The molecule has 0 spiro atoms. The van der Waals surface area contributed by atoms with Crippen LogP contribution in [0.3, 0.4) is 0 Å². The zero-order valence-electron chi connectivity index (χ0n) is 8.77. The number of ether oxygens (including phenoxy) is 1. The third-order valence-corrected chi connectivity index (χ3v) is 1.82. The Labute approximate surface area is 89.8 Å². The van der Waals surface area contributed by atoms with Crippen molar-refractivity contribution in [3.05, 3.63) is 43.0 Å². The van der Waals surface area contributed by atoms with Gasteiger partial charge in [-0.15, -0.1) is 0 Å². The molecule has 80 valence electrons. The van der Waals surface area contributed by atoms with Crippen molar-refractivity contribution in [3.63, 3.8) is 0 Å². The van der Waals surface area contributed by atoms with E-state index < -0.39 is 0 Å². The lowest BCUT2D eigenvalue weighted by atomic mass is 10.3. The van der Waals surface area contributed by atoms with Crippen LogP contribution in [-0.2, 0) is 4.79 Å². The van der Waals surface area contributed by atoms with Crippen LogP contribution < -0.4 is 10.1 Å². The van der Waals surface area contributed by atoms with E-state index in [9.17, 15) is 4.79 Å². The number of nitrogens with one attached hydrogen (secondary N) is 1. The lowest BCUT2D eigenvalue weighted by molar-refractivity contribution is -0.117. The molecule has 1 atom stereocenters. The minimum atomic E-state index is -0.181. The highest BCUT2D eigenvalue weighted by Crippen LogP contribution is 2.08. The molecule has 3 heteroatoms. The van der Waals surface area contributed by atoms with Gasteiger partial charge in [0.05, 0.1) is 6.04 Å². The molecule has 0 aliphatic rings. The second kappa shape index (κ2) is 5.86. The minimum absolute atomic E-state index is 0.0318. The van der Waals surface area contributed by atoms with Gasteiger partial charge < -0.3 is 10.1 Å². The van der Waals surface area contributed by atoms with Crippen molar-refractivity contribution in [2.24, 2.45) is 0 Å². The maximum absolute atomic E-state index is 10.9. The molecule has 15 heavy (non-hydrogen) atoms. The molecule has 1 rings (SSSR count). The highest BCUT2D eigenvalue weighted by molar-refractivity contribution is 5.87. The zero-order chi connectivity index (χ0) is 11.1. The van der Waals surface area contributed by atoms with Crippen LogP contribution in [0, 0.1) is 0 Å². The van der Waals surface area contributed by atoms with Crippen molar-refractivity contribution in [1.82, 2.24) is 5.32 Å². The summed E-state index contributed by atoms with van der Waals surface area (Å²) in [6.45, 7) is 5.71. The van der Waals surface area contributed by atoms with Crippen molar-refractivity contribution in [2.45, 2.75) is 13.0 Å². The fraction of sp³-hybridized carbons (Fsp3) is 0.250. The number of carbonyl (C=O) groups excluding carboxylic acids is 1. The van der Waals surface area contributed by atoms with E-state index in [0.29, 0.717) is 6.61 Å². The standard InChI is InChI=1S/C12H15NO2/c1-3-12(14)13-10(2)9-15-11-7-5-4-6-8-11/h3-8,10H,1,9H2,2H3,(H,13,14)/t10-/m1/s1. The van der Waals surface area contributed by atoms with Gasteiger partial charge in [0.1, 0.15) is 12.4 Å². The number of benzene rings is 1. The number of amides is 1. The first kappa shape index (κ1) is 11.3. The Balaban J connectivity index is 2.31. The van der Waals surface area contributed by atoms with E-state index in [0.717, 1.165) is 5.75 Å². The molecular formula is C12H15NO2. The minimum Gasteiger partial charge on any atom is -0.491 e. The Morgan fingerprint density at radius 1 is 1.53 bits per heavy atom. The third-order valence-electron chi connectivity index (χ3n) is 1.82. The van der Waals surface area contributed by atoms with Crippen molar-refractivity contribution >= 4 is 5.91 Å². The van der Waals surface area contributed by atoms with Gasteiger partial charge in [-0.05, 0) is 25.1 Å². The second-order valence-corrected chi connectivity index (χ2v) is 3.24. The van der Waals surface area contributed by atoms with Gasteiger partial charge in [-0.1, -0.05) is 24.8 Å². The Morgan fingerprint density at radius 3 is 2.80 bits per heavy atom. The number of para-hydroxylation sites is 1. The van der Waals surface area contributed by atoms with Crippen LogP contribution in [0.5, 0.6) is 5.75 Å². The molecule has 0 aromatic heterocycles. The molecule has 1 N–H and O–H groups in total. The first-order valence-electron chi connectivity index (χ1n) is 4.83. The summed E-state index contributed by atoms with van der Waals surface area (Å²) in [5.74, 6) is 0.622. The third kappa shape index (κ3) is 4.31. The van der Waals surface area contributed by atoms with Crippen LogP contribution in [0.1, 0.15) is 6.92 Å². The number of carbonyl (C=O) groups is 1. The number of hydrogen-bond donors (Lipinski definition) is 1. The summed E-state index contributed by atoms with van der Waals surface area (Å²) in [7, 11) is 0. The van der Waals surface area contributed by atoms with E-state index in [2.05, 4.69) is 11.9 Å². The highest BCUT2D eigenvalue weighted by Gasteiger charge is 2.04. The summed E-state index contributed by atoms with van der Waals surface area (Å²) in [5, 5.41) is 2.72. The molecule has 1 aromatic carbocycles. The fourth-order valence-corrected chi connectivity index (χ4v) is 1.08. The Kier molecular flexibility index (Phi) is 4.41. The van der Waals surface area contributed by atoms with Gasteiger partial charge in [0.25, 0.3) is 0 Å². The molecule has 1 amide bonds. The summed E-state index contributed by atoms with van der Waals surface area (Å²) in [6.07, 6.45) is 1.25. The van der Waals surface area contributed by atoms with Crippen molar-refractivity contribution < 1.29 is 9.53 Å². The van der Waals surface area contributed by atoms with Gasteiger partial charge in [0.2, 0.25) is 5.91 Å². The first-order valence-corrected chi connectivity index (χ1v) is 4.83. The average molecular weight is 205 g/mol. The maximum Gasteiger partial charge on any atom is 0.243 e. The molecule has 0 aliphatic heterocycles. The molecule has 0 radical (unpaired) electrons. The largest absolute Gasteiger partial charge is 0.491 e. The number of hydrogen-bond acceptors (Lipinski definition) is 2. The predicted octanol–water partition coefficient (Wildman–Crippen LogP) is 1.76. The summed E-state index contributed by atoms with van der Waals surface area (Å²) < 4.78 is 5.46. The maximum atomic E-state index is 10.9. The van der Waals surface area contributed by atoms with E-state index in [1.165, 1.54) is 6.08 Å². The lowest BCUT2D eigenvalue weighted by Gasteiger charge is -2.13. The van der Waals surface area contributed by atoms with Crippen LogP contribution in [0.15, 0.2) is 43.0 Å². The van der Waals surface area contributed by atoms with Gasteiger partial charge in [-0.2, -0.15) is 0 Å². The van der Waals surface area contributed by atoms with Gasteiger partial charge in [-0.25, -0.2) is 0 Å². The Morgan fingerprint density at radius 2 is 2.20 bits per heavy atom. The normalized spacial score (nSPS) is 11.5. The van der Waals surface area contributed by atoms with Gasteiger partial charge in [0, 0.05) is 0 Å². The predicted molar refractivity (Wildman–Crippen MR) is 59.7 cm³/mol. The quantitative estimate of drug-likeness (QED) is 0.744. The molecule has 0 heterocycles. The zero-order valence-corrected chi connectivity index (χ0v) is 8.77. The van der Waals surface area contributed by atoms with Crippen LogP contribution in [0.4, 0.5) is 0 Å². The summed E-state index contributed by atoms with van der Waals surface area (Å²) in [4.78, 5) is 10.9. The van der Waals surface area contributed by atoms with Gasteiger partial charge in [-0.3, -0.25) is 4.79 Å². The second-order valence-electron chi connectivity index (χ2n) is 3.24. The van der Waals surface area contributed by atoms with Crippen molar-refractivity contribution in [2.75, 3.05) is 6.61 Å². The van der Waals surface area contributed by atoms with Crippen LogP contribution in [-0.4, -0.2) is 18.6 Å². The van der Waals surface area contributed by atoms with Crippen molar-refractivity contribution in [3.8, 4) is 5.75 Å². The first-order chi connectivity index (χ1) is 7.22. The Hall–Kier alpha value is -1.77. The molecule has 0 bridgehead atoms. The van der Waals surface area contributed by atoms with Crippen molar-refractivity contribution in [1.29, 1.82) is 0 Å². The van der Waals surface area contributed by atoms with Crippen LogP contribution in [0.2, 0.25) is 0 Å².